The number of carbonyl (C=O) groups is 1. The van der Waals surface area contributed by atoms with E-state index in [0.29, 0.717) is 12.1 Å². The van der Waals surface area contributed by atoms with Gasteiger partial charge in [-0.1, -0.05) is 30.3 Å². The number of fused-ring (bicyclic) bond motifs is 3. The largest absolute Gasteiger partial charge is 0.367 e. The lowest BCUT2D eigenvalue weighted by Crippen LogP contribution is -2.25. The van der Waals surface area contributed by atoms with Crippen LogP contribution in [0.25, 0.3) is 27.9 Å². The zero-order chi connectivity index (χ0) is 22.6. The first-order chi connectivity index (χ1) is 16.2. The summed E-state index contributed by atoms with van der Waals surface area (Å²) < 4.78 is 2.11. The number of carbonyl (C=O) groups excluding carboxylic acids is 1. The molecule has 0 aliphatic carbocycles. The number of rotatable bonds is 7. The molecule has 0 spiro atoms. The number of anilines is 1. The molecule has 0 fully saturated rings. The van der Waals surface area contributed by atoms with E-state index in [2.05, 4.69) is 25.0 Å². The van der Waals surface area contributed by atoms with Crippen molar-refractivity contribution in [2.75, 3.05) is 18.4 Å². The summed E-state index contributed by atoms with van der Waals surface area (Å²) >= 11 is 0. The molecule has 2 aromatic carbocycles. The van der Waals surface area contributed by atoms with Crippen molar-refractivity contribution < 1.29 is 4.79 Å². The van der Waals surface area contributed by atoms with Crippen molar-refractivity contribution in [3.63, 3.8) is 0 Å². The van der Waals surface area contributed by atoms with Crippen LogP contribution in [0.2, 0.25) is 0 Å². The van der Waals surface area contributed by atoms with Crippen molar-refractivity contribution in [3.8, 4) is 11.3 Å². The van der Waals surface area contributed by atoms with E-state index < -0.39 is 0 Å². The van der Waals surface area contributed by atoms with Crippen molar-refractivity contribution in [1.29, 1.82) is 0 Å². The number of benzene rings is 2. The van der Waals surface area contributed by atoms with Crippen LogP contribution in [-0.2, 0) is 6.42 Å². The van der Waals surface area contributed by atoms with E-state index in [9.17, 15) is 4.79 Å². The number of hydrogen-bond donors (Lipinski definition) is 2. The molecule has 0 aliphatic rings. The van der Waals surface area contributed by atoms with Gasteiger partial charge in [0.1, 0.15) is 0 Å². The monoisotopic (exact) mass is 436 g/mol. The molecular weight excluding hydrogens is 412 g/mol. The lowest BCUT2D eigenvalue weighted by molar-refractivity contribution is 0.0954. The number of nitrogens with zero attached hydrogens (tertiary/aromatic N) is 4. The molecule has 3 aromatic heterocycles. The van der Waals surface area contributed by atoms with Crippen molar-refractivity contribution >= 4 is 28.4 Å². The predicted octanol–water partition coefficient (Wildman–Crippen LogP) is 4.35. The summed E-state index contributed by atoms with van der Waals surface area (Å²) in [5.74, 6) is 0.666. The summed E-state index contributed by atoms with van der Waals surface area (Å²) in [6.07, 6.45) is 6.16. The Kier molecular flexibility index (Phi) is 5.68. The number of hydrogen-bond acceptors (Lipinski definition) is 5. The van der Waals surface area contributed by atoms with Crippen molar-refractivity contribution in [2.24, 2.45) is 0 Å². The molecular formula is C26H24N6O. The zero-order valence-corrected chi connectivity index (χ0v) is 18.3. The second kappa shape index (κ2) is 9.08. The highest BCUT2D eigenvalue weighted by molar-refractivity contribution is 5.95. The highest BCUT2D eigenvalue weighted by Crippen LogP contribution is 2.28. The smallest absolute Gasteiger partial charge is 0.251 e. The average Bonchev–Trinajstić information content (AvgIpc) is 3.31. The van der Waals surface area contributed by atoms with E-state index in [-0.39, 0.29) is 5.91 Å². The van der Waals surface area contributed by atoms with Crippen LogP contribution in [0.15, 0.2) is 79.3 Å². The quantitative estimate of drug-likeness (QED) is 0.396. The Balaban J connectivity index is 1.41. The number of imidazole rings is 1. The van der Waals surface area contributed by atoms with Crippen molar-refractivity contribution in [3.05, 3.63) is 90.4 Å². The van der Waals surface area contributed by atoms with Gasteiger partial charge < -0.3 is 10.6 Å². The Labute approximate surface area is 191 Å². The van der Waals surface area contributed by atoms with Crippen molar-refractivity contribution in [2.45, 2.75) is 13.3 Å². The summed E-state index contributed by atoms with van der Waals surface area (Å²) in [4.78, 5) is 26.1. The molecule has 0 atom stereocenters. The standard InChI is InChI=1S/C26H24N6O/c1-2-28-24-25-30-17-23(32(25)22-8-4-3-7-21(22)31-24)19-9-11-20(12-10-19)26(33)29-15-13-18-6-5-14-27-16-18/h3-12,14,16-17H,2,13,15H2,1H3,(H,28,31)(H,29,33). The van der Waals surface area contributed by atoms with Gasteiger partial charge in [0.05, 0.1) is 22.9 Å². The van der Waals surface area contributed by atoms with Gasteiger partial charge in [-0.15, -0.1) is 0 Å². The Morgan fingerprint density at radius 3 is 2.64 bits per heavy atom. The van der Waals surface area contributed by atoms with E-state index in [1.807, 2.05) is 80.0 Å². The summed E-state index contributed by atoms with van der Waals surface area (Å²) in [5.41, 5.74) is 6.31. The molecule has 33 heavy (non-hydrogen) atoms. The fourth-order valence-electron chi connectivity index (χ4n) is 3.93. The normalized spacial score (nSPS) is 11.1. The third kappa shape index (κ3) is 4.13. The molecule has 164 valence electrons. The van der Waals surface area contributed by atoms with Crippen LogP contribution in [0.1, 0.15) is 22.8 Å². The number of pyridine rings is 1. The summed E-state index contributed by atoms with van der Waals surface area (Å²) in [6, 6.07) is 19.5. The highest BCUT2D eigenvalue weighted by atomic mass is 16.1. The van der Waals surface area contributed by atoms with Crippen molar-refractivity contribution in [1.82, 2.24) is 24.7 Å². The van der Waals surface area contributed by atoms with E-state index in [0.717, 1.165) is 52.3 Å². The van der Waals surface area contributed by atoms with Gasteiger partial charge in [-0.25, -0.2) is 9.97 Å². The van der Waals surface area contributed by atoms with Crippen LogP contribution < -0.4 is 10.6 Å². The zero-order valence-electron chi connectivity index (χ0n) is 18.3. The minimum absolute atomic E-state index is 0.0901. The number of para-hydroxylation sites is 2. The summed E-state index contributed by atoms with van der Waals surface area (Å²) in [5, 5.41) is 6.29. The molecule has 0 aliphatic heterocycles. The van der Waals surface area contributed by atoms with Crippen LogP contribution in [0, 0.1) is 0 Å². The minimum atomic E-state index is -0.0901. The molecule has 1 amide bonds. The maximum atomic E-state index is 12.6. The second-order valence-electron chi connectivity index (χ2n) is 7.73. The van der Waals surface area contributed by atoms with Gasteiger partial charge in [-0.3, -0.25) is 14.2 Å². The van der Waals surface area contributed by atoms with Crippen LogP contribution in [0.3, 0.4) is 0 Å². The van der Waals surface area contributed by atoms with Gasteiger partial charge in [0, 0.05) is 36.6 Å². The topological polar surface area (TPSA) is 84.2 Å². The van der Waals surface area contributed by atoms with Crippen LogP contribution in [0.4, 0.5) is 5.82 Å². The molecule has 7 nitrogen and oxygen atoms in total. The SMILES string of the molecule is CCNc1nc2ccccc2n2c(-c3ccc(C(=O)NCCc4cccnc4)cc3)cnc12. The van der Waals surface area contributed by atoms with E-state index in [1.54, 1.807) is 6.20 Å². The number of amides is 1. The molecule has 0 bridgehead atoms. The van der Waals surface area contributed by atoms with Gasteiger partial charge >= 0.3 is 0 Å². The van der Waals surface area contributed by atoms with Crippen LogP contribution in [0.5, 0.6) is 0 Å². The van der Waals surface area contributed by atoms with Gasteiger partial charge in [0.15, 0.2) is 11.5 Å². The number of nitrogens with one attached hydrogen (secondary N) is 2. The van der Waals surface area contributed by atoms with Crippen LogP contribution >= 0.6 is 0 Å². The van der Waals surface area contributed by atoms with Gasteiger partial charge in [-0.05, 0) is 49.2 Å². The minimum Gasteiger partial charge on any atom is -0.367 e. The molecule has 5 rings (SSSR count). The third-order valence-electron chi connectivity index (χ3n) is 5.54. The first-order valence-corrected chi connectivity index (χ1v) is 11.0. The summed E-state index contributed by atoms with van der Waals surface area (Å²) in [7, 11) is 0. The third-order valence-corrected chi connectivity index (χ3v) is 5.54. The Hall–Kier alpha value is -4.26. The molecule has 0 unspecified atom stereocenters. The molecule has 7 heteroatoms. The van der Waals surface area contributed by atoms with Gasteiger partial charge in [-0.2, -0.15) is 0 Å². The maximum absolute atomic E-state index is 12.6. The molecule has 5 aromatic rings. The first-order valence-electron chi connectivity index (χ1n) is 11.0. The Morgan fingerprint density at radius 1 is 1.00 bits per heavy atom. The van der Waals surface area contributed by atoms with E-state index >= 15 is 0 Å². The molecule has 2 N–H and O–H groups in total. The molecule has 0 saturated heterocycles. The second-order valence-corrected chi connectivity index (χ2v) is 7.73. The molecule has 0 saturated carbocycles. The lowest BCUT2D eigenvalue weighted by atomic mass is 10.1. The predicted molar refractivity (Wildman–Crippen MR) is 130 cm³/mol. The van der Waals surface area contributed by atoms with Crippen LogP contribution in [-0.4, -0.2) is 38.3 Å². The summed E-state index contributed by atoms with van der Waals surface area (Å²) in [6.45, 7) is 3.36. The fraction of sp³-hybridized carbons (Fsp3) is 0.154. The highest BCUT2D eigenvalue weighted by Gasteiger charge is 2.15. The Morgan fingerprint density at radius 2 is 1.85 bits per heavy atom. The fourth-order valence-corrected chi connectivity index (χ4v) is 3.93. The van der Waals surface area contributed by atoms with Gasteiger partial charge in [0.25, 0.3) is 5.91 Å². The van der Waals surface area contributed by atoms with E-state index in [4.69, 9.17) is 4.98 Å². The molecule has 3 heterocycles. The number of aromatic nitrogens is 4. The van der Waals surface area contributed by atoms with Gasteiger partial charge in [0.2, 0.25) is 0 Å². The Bertz CT molecular complexity index is 1410. The average molecular weight is 437 g/mol. The van der Waals surface area contributed by atoms with E-state index in [1.165, 1.54) is 0 Å². The lowest BCUT2D eigenvalue weighted by Gasteiger charge is -2.11. The molecule has 0 radical (unpaired) electrons. The maximum Gasteiger partial charge on any atom is 0.251 e. The first kappa shape index (κ1) is 20.6.